The van der Waals surface area contributed by atoms with E-state index in [1.807, 2.05) is 19.0 Å². The molecule has 0 unspecified atom stereocenters. The van der Waals surface area contributed by atoms with E-state index < -0.39 is 17.5 Å². The van der Waals surface area contributed by atoms with Gasteiger partial charge in [0.25, 0.3) is 0 Å². The highest BCUT2D eigenvalue weighted by atomic mass is 79.9. The van der Waals surface area contributed by atoms with Gasteiger partial charge in [0.15, 0.2) is 17.4 Å². The molecule has 0 aromatic heterocycles. The molecule has 0 fully saturated rings. The first-order valence-corrected chi connectivity index (χ1v) is 9.48. The summed E-state index contributed by atoms with van der Waals surface area (Å²) in [6.07, 6.45) is 0.178. The zero-order chi connectivity index (χ0) is 20.4. The van der Waals surface area contributed by atoms with Crippen LogP contribution in [0.4, 0.5) is 18.9 Å². The number of aliphatic imine (C=N–C) groups is 1. The van der Waals surface area contributed by atoms with Crippen molar-refractivity contribution in [2.45, 2.75) is 12.8 Å². The molecule has 1 aliphatic heterocycles. The Bertz CT molecular complexity index is 960. The maximum atomic E-state index is 14.2. The number of Topliss-reactive ketones (excluding diaryl/α,β-unsaturated/α-hetero) is 1. The maximum Gasteiger partial charge on any atom is 0.182 e. The molecule has 0 atom stereocenters. The van der Waals surface area contributed by atoms with Gasteiger partial charge in [-0.25, -0.2) is 13.2 Å². The van der Waals surface area contributed by atoms with Gasteiger partial charge in [-0.2, -0.15) is 0 Å². The van der Waals surface area contributed by atoms with Crippen molar-refractivity contribution in [3.8, 4) is 0 Å². The number of carbonyl (C=O) groups is 1. The number of ketones is 1. The Morgan fingerprint density at radius 2 is 1.96 bits per heavy atom. The van der Waals surface area contributed by atoms with Crippen molar-refractivity contribution in [1.29, 1.82) is 0 Å². The number of likely N-dealkylation sites (N-methyl/N-ethyl adjacent to an activating group) is 1. The van der Waals surface area contributed by atoms with Gasteiger partial charge in [0.1, 0.15) is 11.7 Å². The lowest BCUT2D eigenvalue weighted by molar-refractivity contribution is 0.0991. The van der Waals surface area contributed by atoms with Crippen molar-refractivity contribution < 1.29 is 18.0 Å². The molecule has 4 nitrogen and oxygen atoms in total. The highest BCUT2D eigenvalue weighted by Gasteiger charge is 2.28. The molecule has 0 bridgehead atoms. The smallest absolute Gasteiger partial charge is 0.182 e. The number of hydrogen-bond donors (Lipinski definition) is 1. The molecule has 0 radical (unpaired) electrons. The predicted octanol–water partition coefficient (Wildman–Crippen LogP) is 4.22. The minimum atomic E-state index is -1.09. The van der Waals surface area contributed by atoms with Gasteiger partial charge in [0, 0.05) is 24.9 Å². The van der Waals surface area contributed by atoms with Gasteiger partial charge in [-0.1, -0.05) is 6.07 Å². The van der Waals surface area contributed by atoms with Gasteiger partial charge in [-0.15, -0.1) is 0 Å². The Balaban J connectivity index is 1.87. The fraction of sp³-hybridized carbons (Fsp3) is 0.300. The average Bonchev–Trinajstić information content (AvgIpc) is 3.05. The second-order valence-corrected chi connectivity index (χ2v) is 7.71. The van der Waals surface area contributed by atoms with Gasteiger partial charge in [0.05, 0.1) is 16.7 Å². The summed E-state index contributed by atoms with van der Waals surface area (Å²) < 4.78 is 41.9. The van der Waals surface area contributed by atoms with Gasteiger partial charge >= 0.3 is 0 Å². The number of nitrogens with one attached hydrogen (secondary N) is 1. The van der Waals surface area contributed by atoms with Gasteiger partial charge in [-0.05, 0) is 59.4 Å². The standard InChI is InChI=1S/C20H19BrF3N3O/c1-27(2)6-5-25-18-10-13-12(9-16(23)19(24)20(13)26-18)17(28)8-11-3-4-15(22)14(21)7-11/h3-4,7,9H,5-6,8,10H2,1-2H3,(H,25,26). The van der Waals surface area contributed by atoms with Crippen molar-refractivity contribution in [3.63, 3.8) is 0 Å². The fourth-order valence-electron chi connectivity index (χ4n) is 2.99. The molecule has 1 heterocycles. The van der Waals surface area contributed by atoms with Crippen LogP contribution in [0.25, 0.3) is 0 Å². The van der Waals surface area contributed by atoms with Gasteiger partial charge < -0.3 is 10.2 Å². The van der Waals surface area contributed by atoms with E-state index in [9.17, 15) is 18.0 Å². The highest BCUT2D eigenvalue weighted by Crippen LogP contribution is 2.32. The quantitative estimate of drug-likeness (QED) is 0.665. The van der Waals surface area contributed by atoms with Gasteiger partial charge in [0.2, 0.25) is 0 Å². The van der Waals surface area contributed by atoms with Gasteiger partial charge in [-0.3, -0.25) is 9.79 Å². The lowest BCUT2D eigenvalue weighted by Crippen LogP contribution is -2.17. The Morgan fingerprint density at radius 1 is 1.21 bits per heavy atom. The normalized spacial score (nSPS) is 14.5. The number of halogens is 4. The molecule has 148 valence electrons. The first kappa shape index (κ1) is 20.5. The molecule has 1 aliphatic rings. The van der Waals surface area contributed by atoms with E-state index in [4.69, 9.17) is 0 Å². The first-order valence-electron chi connectivity index (χ1n) is 8.69. The summed E-state index contributed by atoms with van der Waals surface area (Å²) in [7, 11) is 3.83. The second-order valence-electron chi connectivity index (χ2n) is 6.86. The van der Waals surface area contributed by atoms with E-state index in [-0.39, 0.29) is 34.3 Å². The Morgan fingerprint density at radius 3 is 2.64 bits per heavy atom. The lowest BCUT2D eigenvalue weighted by atomic mass is 9.96. The molecule has 0 aliphatic carbocycles. The topological polar surface area (TPSA) is 44.7 Å². The zero-order valence-electron chi connectivity index (χ0n) is 15.5. The minimum absolute atomic E-state index is 0.0350. The molecule has 8 heteroatoms. The van der Waals surface area contributed by atoms with Crippen LogP contribution in [0, 0.1) is 17.5 Å². The third kappa shape index (κ3) is 4.44. The van der Waals surface area contributed by atoms with E-state index in [1.165, 1.54) is 18.2 Å². The van der Waals surface area contributed by atoms with E-state index in [2.05, 4.69) is 26.2 Å². The summed E-state index contributed by atoms with van der Waals surface area (Å²) in [5, 5.41) is 2.80. The number of benzene rings is 2. The molecule has 0 saturated carbocycles. The zero-order valence-corrected chi connectivity index (χ0v) is 17.0. The first-order chi connectivity index (χ1) is 13.3. The summed E-state index contributed by atoms with van der Waals surface area (Å²) >= 11 is 3.08. The number of fused-ring (bicyclic) bond motifs is 1. The van der Waals surface area contributed by atoms with E-state index >= 15 is 0 Å². The number of amidine groups is 1. The maximum absolute atomic E-state index is 14.2. The fourth-order valence-corrected chi connectivity index (χ4v) is 3.42. The van der Waals surface area contributed by atoms with E-state index in [0.717, 1.165) is 6.07 Å². The van der Waals surface area contributed by atoms with Crippen molar-refractivity contribution in [3.05, 3.63) is 62.9 Å². The Kier molecular flexibility index (Phi) is 6.20. The lowest BCUT2D eigenvalue weighted by Gasteiger charge is -2.09. The van der Waals surface area contributed by atoms with Crippen LogP contribution in [-0.4, -0.2) is 43.7 Å². The SMILES string of the molecule is CN(C)CCN=C1Cc2c(C(=O)Cc3ccc(F)c(Br)c3)cc(F)c(F)c2N1. The molecule has 0 spiro atoms. The highest BCUT2D eigenvalue weighted by molar-refractivity contribution is 9.10. The number of anilines is 1. The molecular formula is C20H19BrF3N3O. The number of nitrogens with zero attached hydrogens (tertiary/aromatic N) is 2. The van der Waals surface area contributed by atoms with Crippen LogP contribution in [0.5, 0.6) is 0 Å². The molecule has 3 rings (SSSR count). The summed E-state index contributed by atoms with van der Waals surface area (Å²) in [6, 6.07) is 5.17. The van der Waals surface area contributed by atoms with Crippen molar-refractivity contribution in [2.75, 3.05) is 32.5 Å². The number of carbonyl (C=O) groups excluding carboxylic acids is 1. The van der Waals surface area contributed by atoms with Crippen molar-refractivity contribution in [1.82, 2.24) is 4.90 Å². The van der Waals surface area contributed by atoms with Crippen LogP contribution in [-0.2, 0) is 12.8 Å². The molecular weight excluding hydrogens is 435 g/mol. The van der Waals surface area contributed by atoms with Crippen LogP contribution >= 0.6 is 15.9 Å². The molecule has 28 heavy (non-hydrogen) atoms. The summed E-state index contributed by atoms with van der Waals surface area (Å²) in [4.78, 5) is 19.1. The summed E-state index contributed by atoms with van der Waals surface area (Å²) in [6.45, 7) is 1.21. The molecule has 0 amide bonds. The summed E-state index contributed by atoms with van der Waals surface area (Å²) in [5.74, 6) is -2.42. The molecule has 0 saturated heterocycles. The van der Waals surface area contributed by atoms with E-state index in [0.29, 0.717) is 30.1 Å². The van der Waals surface area contributed by atoms with Crippen LogP contribution in [0.3, 0.4) is 0 Å². The van der Waals surface area contributed by atoms with E-state index in [1.54, 1.807) is 0 Å². The monoisotopic (exact) mass is 453 g/mol. The molecule has 2 aromatic rings. The Labute approximate surface area is 169 Å². The van der Waals surface area contributed by atoms with Crippen molar-refractivity contribution >= 4 is 33.2 Å². The van der Waals surface area contributed by atoms with Crippen molar-refractivity contribution in [2.24, 2.45) is 4.99 Å². The Hall–Kier alpha value is -2.19. The second kappa shape index (κ2) is 8.45. The number of rotatable bonds is 6. The number of hydrogen-bond acceptors (Lipinski definition) is 3. The third-order valence-electron chi connectivity index (χ3n) is 4.44. The largest absolute Gasteiger partial charge is 0.341 e. The molecule has 2 aromatic carbocycles. The third-order valence-corrected chi connectivity index (χ3v) is 5.05. The van der Waals surface area contributed by atoms with Crippen LogP contribution < -0.4 is 5.32 Å². The van der Waals surface area contributed by atoms with Crippen LogP contribution in [0.2, 0.25) is 0 Å². The molecule has 1 N–H and O–H groups in total. The average molecular weight is 454 g/mol. The predicted molar refractivity (Wildman–Crippen MR) is 107 cm³/mol. The summed E-state index contributed by atoms with van der Waals surface area (Å²) in [5.41, 5.74) is 1.04. The van der Waals surface area contributed by atoms with Crippen LogP contribution in [0.1, 0.15) is 21.5 Å². The minimum Gasteiger partial charge on any atom is -0.341 e. The van der Waals surface area contributed by atoms with Crippen LogP contribution in [0.15, 0.2) is 33.7 Å².